The number of hydrogen-bond acceptors (Lipinski definition) is 1. The van der Waals surface area contributed by atoms with Gasteiger partial charge in [0.25, 0.3) is 0 Å². The number of fused-ring (bicyclic) bond motifs is 3. The lowest BCUT2D eigenvalue weighted by Gasteiger charge is -2.11. The van der Waals surface area contributed by atoms with Crippen LogP contribution >= 0.6 is 0 Å². The first kappa shape index (κ1) is 12.4. The van der Waals surface area contributed by atoms with Crippen molar-refractivity contribution in [3.8, 4) is 11.3 Å². The maximum atomic E-state index is 9.02. The fourth-order valence-electron chi connectivity index (χ4n) is 3.70. The van der Waals surface area contributed by atoms with Gasteiger partial charge in [-0.05, 0) is 42.5 Å². The molecule has 1 atom stereocenters. The number of nitrogens with zero attached hydrogens (tertiary/aromatic N) is 2. The van der Waals surface area contributed by atoms with E-state index in [1.807, 2.05) is 26.0 Å². The Kier molecular flexibility index (Phi) is 2.87. The molecule has 0 radical (unpaired) electrons. The molecule has 0 aliphatic carbocycles. The quantitative estimate of drug-likeness (QED) is 0.283. The standard InChI is InChI=1S/C25H25N2O/c1-14(2)18-11-17(5)27(7)21(12-18)24-15(3)8-9-20-23-16(4)10-19(26-6)13-22(23)28-25(20)24/h8-14H,1-5,7H3/q+1/i1D3,11D,12D,14D. The van der Waals surface area contributed by atoms with Gasteiger partial charge in [0.15, 0.2) is 11.4 Å². The predicted molar refractivity (Wildman–Crippen MR) is 115 cm³/mol. The van der Waals surface area contributed by atoms with E-state index in [0.717, 1.165) is 21.9 Å². The van der Waals surface area contributed by atoms with E-state index in [4.69, 9.17) is 19.2 Å². The van der Waals surface area contributed by atoms with Gasteiger partial charge in [-0.2, -0.15) is 4.57 Å². The molecular formula is C25H25N2O+. The highest BCUT2D eigenvalue weighted by atomic mass is 16.3. The summed E-state index contributed by atoms with van der Waals surface area (Å²) < 4.78 is 57.9. The van der Waals surface area contributed by atoms with Crippen molar-refractivity contribution in [2.24, 2.45) is 7.05 Å². The Bertz CT molecular complexity index is 1540. The van der Waals surface area contributed by atoms with Crippen LogP contribution in [0.4, 0.5) is 5.69 Å². The lowest BCUT2D eigenvalue weighted by molar-refractivity contribution is -0.666. The summed E-state index contributed by atoms with van der Waals surface area (Å²) in [6, 6.07) is 7.05. The van der Waals surface area contributed by atoms with Crippen LogP contribution in [0.2, 0.25) is 0 Å². The first-order chi connectivity index (χ1) is 15.7. The van der Waals surface area contributed by atoms with Crippen molar-refractivity contribution in [1.82, 2.24) is 0 Å². The van der Waals surface area contributed by atoms with Gasteiger partial charge in [0.05, 0.1) is 14.9 Å². The van der Waals surface area contributed by atoms with Crippen LogP contribution in [-0.4, -0.2) is 0 Å². The van der Waals surface area contributed by atoms with Gasteiger partial charge in [0.2, 0.25) is 5.69 Å². The third-order valence-electron chi connectivity index (χ3n) is 5.26. The third kappa shape index (κ3) is 2.68. The zero-order valence-corrected chi connectivity index (χ0v) is 16.6. The number of pyridine rings is 1. The number of aryl methyl sites for hydroxylation is 2. The summed E-state index contributed by atoms with van der Waals surface area (Å²) in [5.74, 6) is -2.15. The van der Waals surface area contributed by atoms with Gasteiger partial charge >= 0.3 is 0 Å². The minimum Gasteiger partial charge on any atom is -0.456 e. The second kappa shape index (κ2) is 6.49. The van der Waals surface area contributed by atoms with Gasteiger partial charge in [0.1, 0.15) is 18.2 Å². The van der Waals surface area contributed by atoms with Crippen molar-refractivity contribution in [2.75, 3.05) is 0 Å². The number of rotatable bonds is 2. The molecule has 1 unspecified atom stereocenters. The van der Waals surface area contributed by atoms with Crippen molar-refractivity contribution >= 4 is 27.6 Å². The Morgan fingerprint density at radius 3 is 2.71 bits per heavy atom. The van der Waals surface area contributed by atoms with E-state index in [0.29, 0.717) is 33.8 Å². The summed E-state index contributed by atoms with van der Waals surface area (Å²) in [4.78, 5) is 3.52. The lowest BCUT2D eigenvalue weighted by Crippen LogP contribution is -2.35. The summed E-state index contributed by atoms with van der Waals surface area (Å²) in [6.07, 6.45) is 0. The smallest absolute Gasteiger partial charge is 0.216 e. The second-order valence-electron chi connectivity index (χ2n) is 7.23. The lowest BCUT2D eigenvalue weighted by atomic mass is 9.96. The summed E-state index contributed by atoms with van der Waals surface area (Å²) in [5, 5.41) is 1.70. The number of furan rings is 1. The maximum absolute atomic E-state index is 9.02. The molecule has 0 aliphatic heterocycles. The monoisotopic (exact) mass is 375 g/mol. The molecule has 0 aliphatic rings. The average molecular weight is 376 g/mol. The molecule has 0 bridgehead atoms. The van der Waals surface area contributed by atoms with E-state index in [9.17, 15) is 0 Å². The molecule has 0 amide bonds. The Labute approximate surface area is 174 Å². The topological polar surface area (TPSA) is 21.4 Å². The summed E-state index contributed by atoms with van der Waals surface area (Å²) in [7, 11) is 1.73. The van der Waals surface area contributed by atoms with Crippen LogP contribution in [0, 0.1) is 27.3 Å². The SMILES string of the molecule is [2H]c1c(C([2H])(C)C([2H])([2H])[2H])c([2H])c(-c2c(C)ccc3c2oc2cc([N+]#[C-])cc(C)c23)[n+](C)c1C. The summed E-state index contributed by atoms with van der Waals surface area (Å²) in [6.45, 7) is 11.4. The molecule has 28 heavy (non-hydrogen) atoms. The van der Waals surface area contributed by atoms with E-state index in [2.05, 4.69) is 4.85 Å². The Morgan fingerprint density at radius 1 is 1.21 bits per heavy atom. The largest absolute Gasteiger partial charge is 0.456 e. The molecule has 0 saturated carbocycles. The Balaban J connectivity index is 2.20. The van der Waals surface area contributed by atoms with Crippen molar-refractivity contribution in [1.29, 1.82) is 0 Å². The van der Waals surface area contributed by atoms with Crippen LogP contribution in [-0.2, 0) is 7.05 Å². The number of benzene rings is 2. The van der Waals surface area contributed by atoms with Gasteiger partial charge in [0, 0.05) is 35.3 Å². The normalized spacial score (nSPS) is 17.1. The fourth-order valence-corrected chi connectivity index (χ4v) is 3.70. The highest BCUT2D eigenvalue weighted by Crippen LogP contribution is 2.40. The van der Waals surface area contributed by atoms with E-state index in [1.165, 1.54) is 6.92 Å². The fraction of sp³-hybridized carbons (Fsp3) is 0.280. The van der Waals surface area contributed by atoms with Crippen molar-refractivity contribution in [2.45, 2.75) is 40.4 Å². The highest BCUT2D eigenvalue weighted by Gasteiger charge is 2.23. The highest BCUT2D eigenvalue weighted by molar-refractivity contribution is 6.11. The molecule has 2 heterocycles. The average Bonchev–Trinajstić information content (AvgIpc) is 3.11. The molecular weight excluding hydrogens is 344 g/mol. The molecule has 2 aromatic carbocycles. The number of aromatic nitrogens is 1. The second-order valence-corrected chi connectivity index (χ2v) is 7.23. The van der Waals surface area contributed by atoms with Crippen LogP contribution in [0.5, 0.6) is 0 Å². The van der Waals surface area contributed by atoms with Crippen LogP contribution < -0.4 is 4.57 Å². The third-order valence-corrected chi connectivity index (χ3v) is 5.26. The minimum absolute atomic E-state index is 0.128. The van der Waals surface area contributed by atoms with Gasteiger partial charge in [-0.25, -0.2) is 4.85 Å². The maximum Gasteiger partial charge on any atom is 0.216 e. The van der Waals surface area contributed by atoms with Crippen LogP contribution in [0.25, 0.3) is 38.0 Å². The van der Waals surface area contributed by atoms with Crippen LogP contribution in [0.1, 0.15) is 50.3 Å². The molecule has 0 N–H and O–H groups in total. The first-order valence-corrected chi connectivity index (χ1v) is 9.07. The van der Waals surface area contributed by atoms with Crippen molar-refractivity contribution < 1.29 is 17.2 Å². The molecule has 140 valence electrons. The Morgan fingerprint density at radius 2 is 2.00 bits per heavy atom. The van der Waals surface area contributed by atoms with Crippen molar-refractivity contribution in [3.63, 3.8) is 0 Å². The van der Waals surface area contributed by atoms with Crippen molar-refractivity contribution in [3.05, 3.63) is 70.2 Å². The Hall–Kier alpha value is -3.12. The van der Waals surface area contributed by atoms with E-state index < -0.39 is 12.7 Å². The number of hydrogen-bond donors (Lipinski definition) is 0. The van der Waals surface area contributed by atoms with Gasteiger partial charge in [-0.15, -0.1) is 0 Å². The molecule has 0 fully saturated rings. The summed E-state index contributed by atoms with van der Waals surface area (Å²) >= 11 is 0. The zero-order chi connectivity index (χ0) is 25.3. The van der Waals surface area contributed by atoms with Gasteiger partial charge in [-0.1, -0.05) is 32.0 Å². The van der Waals surface area contributed by atoms with Crippen LogP contribution in [0.15, 0.2) is 40.8 Å². The molecule has 4 rings (SSSR count). The zero-order valence-electron chi connectivity index (χ0n) is 22.6. The molecule has 3 heteroatoms. The predicted octanol–water partition coefficient (Wildman–Crippen LogP) is 6.68. The van der Waals surface area contributed by atoms with E-state index >= 15 is 0 Å². The summed E-state index contributed by atoms with van der Waals surface area (Å²) in [5.41, 5.74) is 4.55. The van der Waals surface area contributed by atoms with Gasteiger partial charge < -0.3 is 4.42 Å². The molecule has 0 saturated heterocycles. The van der Waals surface area contributed by atoms with E-state index in [-0.39, 0.29) is 17.6 Å². The molecule has 0 spiro atoms. The minimum atomic E-state index is -2.73. The van der Waals surface area contributed by atoms with Gasteiger partial charge in [-0.3, -0.25) is 0 Å². The molecule has 2 aromatic heterocycles. The van der Waals surface area contributed by atoms with Crippen LogP contribution in [0.3, 0.4) is 0 Å². The molecule has 3 nitrogen and oxygen atoms in total. The first-order valence-electron chi connectivity index (χ1n) is 12.1. The van der Waals surface area contributed by atoms with E-state index in [1.54, 1.807) is 30.7 Å². The molecule has 4 aromatic rings.